The summed E-state index contributed by atoms with van der Waals surface area (Å²) in [6, 6.07) is 2.86. The Labute approximate surface area is 204 Å². The molecular weight excluding hydrogens is 483 g/mol. The molecule has 3 fully saturated rings. The van der Waals surface area contributed by atoms with Crippen molar-refractivity contribution in [3.63, 3.8) is 0 Å². The molecular formula is C23H24ClFN4O4S. The van der Waals surface area contributed by atoms with Gasteiger partial charge in [-0.05, 0) is 37.0 Å². The number of carbonyl (C=O) groups excluding carboxylic acids is 3. The number of nitrogens with one attached hydrogen (secondary N) is 1. The van der Waals surface area contributed by atoms with Crippen molar-refractivity contribution in [2.24, 2.45) is 5.92 Å². The molecule has 0 spiro atoms. The van der Waals surface area contributed by atoms with Gasteiger partial charge in [0.2, 0.25) is 5.91 Å². The van der Waals surface area contributed by atoms with Gasteiger partial charge in [-0.15, -0.1) is 28.0 Å². The van der Waals surface area contributed by atoms with Crippen LogP contribution in [0.2, 0.25) is 0 Å². The standard InChI is InChI=1S/C23H24ClFN4O4S/c24-13-10-29(19-16(30)11-33-20(13)19)23(32)18(12-5-2-1-3-6-12)27-22(31)17-9-14(25)21(34-17)15-7-4-8-26-28-15/h4,7-9,12-13,18-20H,1-3,5-6,10-11H2,(H,27,31). The number of amides is 2. The summed E-state index contributed by atoms with van der Waals surface area (Å²) in [6.45, 7) is 0.118. The van der Waals surface area contributed by atoms with Gasteiger partial charge in [0.15, 0.2) is 5.78 Å². The third-order valence-electron chi connectivity index (χ3n) is 6.79. The van der Waals surface area contributed by atoms with E-state index in [2.05, 4.69) is 15.5 Å². The van der Waals surface area contributed by atoms with Crippen LogP contribution in [0.25, 0.3) is 10.6 Å². The van der Waals surface area contributed by atoms with E-state index in [1.54, 1.807) is 12.1 Å². The number of thiophene rings is 1. The van der Waals surface area contributed by atoms with Crippen LogP contribution in [0.3, 0.4) is 0 Å². The predicted octanol–water partition coefficient (Wildman–Crippen LogP) is 2.81. The Kier molecular flexibility index (Phi) is 6.63. The second-order valence-electron chi connectivity index (χ2n) is 8.94. The molecule has 2 saturated heterocycles. The van der Waals surface area contributed by atoms with E-state index in [9.17, 15) is 18.8 Å². The maximum atomic E-state index is 14.6. The summed E-state index contributed by atoms with van der Waals surface area (Å²) in [4.78, 5) is 41.1. The first kappa shape index (κ1) is 23.3. The van der Waals surface area contributed by atoms with Crippen molar-refractivity contribution in [3.8, 4) is 10.6 Å². The number of hydrogen-bond acceptors (Lipinski definition) is 7. The van der Waals surface area contributed by atoms with Gasteiger partial charge in [-0.2, -0.15) is 5.10 Å². The highest BCUT2D eigenvalue weighted by atomic mass is 35.5. The van der Waals surface area contributed by atoms with Gasteiger partial charge >= 0.3 is 0 Å². The van der Waals surface area contributed by atoms with Crippen LogP contribution in [0.1, 0.15) is 41.8 Å². The number of ketones is 1. The average molecular weight is 507 g/mol. The first-order chi connectivity index (χ1) is 16.4. The van der Waals surface area contributed by atoms with Crippen LogP contribution in [-0.2, 0) is 14.3 Å². The minimum absolute atomic E-state index is 0.0670. The summed E-state index contributed by atoms with van der Waals surface area (Å²) in [6.07, 6.45) is 5.53. The first-order valence-corrected chi connectivity index (χ1v) is 12.7. The van der Waals surface area contributed by atoms with E-state index in [0.29, 0.717) is 5.69 Å². The maximum absolute atomic E-state index is 14.6. The lowest BCUT2D eigenvalue weighted by molar-refractivity contribution is -0.139. The van der Waals surface area contributed by atoms with Crippen molar-refractivity contribution in [2.45, 2.75) is 55.7 Å². The minimum atomic E-state index is -0.825. The van der Waals surface area contributed by atoms with Crippen molar-refractivity contribution >= 4 is 40.5 Å². The summed E-state index contributed by atoms with van der Waals surface area (Å²) < 4.78 is 20.1. The van der Waals surface area contributed by atoms with Crippen molar-refractivity contribution < 1.29 is 23.5 Å². The molecule has 0 aromatic carbocycles. The number of nitrogens with zero attached hydrogens (tertiary/aromatic N) is 3. The number of alkyl halides is 1. The number of rotatable bonds is 5. The van der Waals surface area contributed by atoms with Crippen LogP contribution in [-0.4, -0.2) is 69.4 Å². The fourth-order valence-corrected chi connectivity index (χ4v) is 6.40. The van der Waals surface area contributed by atoms with Crippen LogP contribution in [0.4, 0.5) is 4.39 Å². The van der Waals surface area contributed by atoms with Gasteiger partial charge in [-0.25, -0.2) is 4.39 Å². The topological polar surface area (TPSA) is 101 Å². The van der Waals surface area contributed by atoms with Gasteiger partial charge in [-0.3, -0.25) is 14.4 Å². The Balaban J connectivity index is 1.39. The van der Waals surface area contributed by atoms with Crippen molar-refractivity contribution in [1.82, 2.24) is 20.4 Å². The summed E-state index contributed by atoms with van der Waals surface area (Å²) in [5.41, 5.74) is 0.333. The van der Waals surface area contributed by atoms with Crippen LogP contribution in [0.5, 0.6) is 0 Å². The van der Waals surface area contributed by atoms with E-state index >= 15 is 0 Å². The Morgan fingerprint density at radius 1 is 1.29 bits per heavy atom. The Hall–Kier alpha value is -2.43. The summed E-state index contributed by atoms with van der Waals surface area (Å²) >= 11 is 7.34. The van der Waals surface area contributed by atoms with E-state index in [4.69, 9.17) is 16.3 Å². The number of fused-ring (bicyclic) bond motifs is 1. The molecule has 0 radical (unpaired) electrons. The van der Waals surface area contributed by atoms with Gasteiger partial charge < -0.3 is 15.0 Å². The van der Waals surface area contributed by atoms with Gasteiger partial charge in [0, 0.05) is 12.7 Å². The summed E-state index contributed by atoms with van der Waals surface area (Å²) in [7, 11) is 0. The van der Waals surface area contributed by atoms with E-state index in [-0.39, 0.29) is 40.5 Å². The summed E-state index contributed by atoms with van der Waals surface area (Å²) in [5.74, 6) is -1.68. The fourth-order valence-electron chi connectivity index (χ4n) is 5.14. The first-order valence-electron chi connectivity index (χ1n) is 11.4. The SMILES string of the molecule is O=C(NC(C(=O)N1CC(Cl)C2OCC(=O)C21)C1CCCCC1)c1cc(F)c(-c2cccnn2)s1. The van der Waals surface area contributed by atoms with Crippen molar-refractivity contribution in [3.05, 3.63) is 35.1 Å². The molecule has 4 unspecified atom stereocenters. The number of ether oxygens (including phenoxy) is 1. The molecule has 5 rings (SSSR count). The lowest BCUT2D eigenvalue weighted by Crippen LogP contribution is -2.55. The van der Waals surface area contributed by atoms with Gasteiger partial charge in [0.25, 0.3) is 5.91 Å². The number of Topliss-reactive ketones (excluding diaryl/α,β-unsaturated/α-hetero) is 1. The third kappa shape index (κ3) is 4.34. The van der Waals surface area contributed by atoms with E-state index < -0.39 is 35.3 Å². The zero-order valence-corrected chi connectivity index (χ0v) is 19.9. The van der Waals surface area contributed by atoms with Crippen molar-refractivity contribution in [2.75, 3.05) is 13.2 Å². The zero-order valence-electron chi connectivity index (χ0n) is 18.3. The largest absolute Gasteiger partial charge is 0.366 e. The number of aromatic nitrogens is 2. The monoisotopic (exact) mass is 506 g/mol. The smallest absolute Gasteiger partial charge is 0.262 e. The number of hydrogen-bond donors (Lipinski definition) is 1. The second-order valence-corrected chi connectivity index (χ2v) is 10.6. The highest BCUT2D eigenvalue weighted by Gasteiger charge is 2.53. The number of carbonyl (C=O) groups is 3. The predicted molar refractivity (Wildman–Crippen MR) is 123 cm³/mol. The molecule has 11 heteroatoms. The minimum Gasteiger partial charge on any atom is -0.366 e. The molecule has 1 aliphatic carbocycles. The zero-order chi connectivity index (χ0) is 23.8. The third-order valence-corrected chi connectivity index (χ3v) is 8.31. The molecule has 8 nitrogen and oxygen atoms in total. The Morgan fingerprint density at radius 3 is 2.82 bits per heavy atom. The fraction of sp³-hybridized carbons (Fsp3) is 0.522. The molecule has 3 aliphatic rings. The molecule has 4 atom stereocenters. The van der Waals surface area contributed by atoms with Crippen LogP contribution in [0, 0.1) is 11.7 Å². The lowest BCUT2D eigenvalue weighted by Gasteiger charge is -2.34. The van der Waals surface area contributed by atoms with E-state index in [1.165, 1.54) is 11.1 Å². The van der Waals surface area contributed by atoms with Crippen LogP contribution < -0.4 is 5.32 Å². The van der Waals surface area contributed by atoms with Crippen LogP contribution >= 0.6 is 22.9 Å². The number of likely N-dealkylation sites (tertiary alicyclic amines) is 1. The normalized spacial score (nSPS) is 25.9. The summed E-state index contributed by atoms with van der Waals surface area (Å²) in [5, 5.41) is 10.1. The lowest BCUT2D eigenvalue weighted by atomic mass is 9.83. The van der Waals surface area contributed by atoms with E-state index in [0.717, 1.165) is 49.5 Å². The molecule has 180 valence electrons. The molecule has 2 amide bonds. The molecule has 2 aromatic heterocycles. The maximum Gasteiger partial charge on any atom is 0.262 e. The molecule has 0 bridgehead atoms. The molecule has 4 heterocycles. The molecule has 34 heavy (non-hydrogen) atoms. The van der Waals surface area contributed by atoms with E-state index in [1.807, 2.05) is 0 Å². The quantitative estimate of drug-likeness (QED) is 0.626. The molecule has 2 aromatic rings. The highest BCUT2D eigenvalue weighted by molar-refractivity contribution is 7.17. The Morgan fingerprint density at radius 2 is 2.09 bits per heavy atom. The van der Waals surface area contributed by atoms with Gasteiger partial charge in [0.05, 0.1) is 15.1 Å². The highest BCUT2D eigenvalue weighted by Crippen LogP contribution is 2.35. The second kappa shape index (κ2) is 9.67. The van der Waals surface area contributed by atoms with Gasteiger partial charge in [0.1, 0.15) is 36.3 Å². The average Bonchev–Trinajstić information content (AvgIpc) is 3.53. The van der Waals surface area contributed by atoms with Crippen molar-refractivity contribution in [1.29, 1.82) is 0 Å². The van der Waals surface area contributed by atoms with Crippen LogP contribution in [0.15, 0.2) is 24.4 Å². The number of halogens is 2. The molecule has 2 aliphatic heterocycles. The molecule has 1 saturated carbocycles. The Bertz CT molecular complexity index is 1090. The van der Waals surface area contributed by atoms with Gasteiger partial charge in [-0.1, -0.05) is 19.3 Å². The molecule has 1 N–H and O–H groups in total.